The van der Waals surface area contributed by atoms with E-state index in [1.807, 2.05) is 12.2 Å². The molecule has 1 aliphatic rings. The fourth-order valence-electron chi connectivity index (χ4n) is 0.340. The Balaban J connectivity index is -0.0000000836. The fourth-order valence-corrected chi connectivity index (χ4v) is 0.340. The molecule has 50 valence electrons. The molecule has 1 rings (SSSR count). The summed E-state index contributed by atoms with van der Waals surface area (Å²) in [7, 11) is 1.00. The molecule has 0 radical (unpaired) electrons. The Morgan fingerprint density at radius 3 is 2.11 bits per heavy atom. The number of hydrogen-bond acceptors (Lipinski definition) is 1. The van der Waals surface area contributed by atoms with Crippen LogP contribution in [0.25, 0.3) is 0 Å². The van der Waals surface area contributed by atoms with Crippen molar-refractivity contribution in [3.63, 3.8) is 0 Å². The normalized spacial score (nSPS) is 10.4. The molecule has 0 aromatic heterocycles. The van der Waals surface area contributed by atoms with Gasteiger partial charge in [-0.1, -0.05) is 0 Å². The molecule has 0 aromatic rings. The van der Waals surface area contributed by atoms with Crippen LogP contribution in [0.15, 0.2) is 18.2 Å². The third kappa shape index (κ3) is 11.7. The summed E-state index contributed by atoms with van der Waals surface area (Å²) in [5, 5.41) is 7.00. The molecular formula is C7H12OZr. The summed E-state index contributed by atoms with van der Waals surface area (Å²) >= 11 is 0. The maximum Gasteiger partial charge on any atom is 2.00 e. The quantitative estimate of drug-likeness (QED) is 0.590. The van der Waals surface area contributed by atoms with E-state index in [9.17, 15) is 0 Å². The molecule has 0 unspecified atom stereocenters. The summed E-state index contributed by atoms with van der Waals surface area (Å²) in [6.07, 6.45) is 10.0. The van der Waals surface area contributed by atoms with Gasteiger partial charge >= 0.3 is 26.2 Å². The Bertz CT molecular complexity index is 67.0. The van der Waals surface area contributed by atoms with E-state index in [4.69, 9.17) is 5.11 Å². The van der Waals surface area contributed by atoms with Gasteiger partial charge in [-0.05, 0) is 0 Å². The van der Waals surface area contributed by atoms with Gasteiger partial charge in [0.2, 0.25) is 0 Å². The van der Waals surface area contributed by atoms with E-state index in [0.29, 0.717) is 0 Å². The number of hydrogen-bond donors (Lipinski definition) is 1. The van der Waals surface area contributed by atoms with E-state index in [1.165, 1.54) is 0 Å². The van der Waals surface area contributed by atoms with Gasteiger partial charge in [0.15, 0.2) is 0 Å². The third-order valence-corrected chi connectivity index (χ3v) is 0.586. The number of rotatable bonds is 0. The van der Waals surface area contributed by atoms with Crippen LogP contribution in [0.4, 0.5) is 0 Å². The van der Waals surface area contributed by atoms with E-state index in [0.717, 1.165) is 13.5 Å². The van der Waals surface area contributed by atoms with Gasteiger partial charge < -0.3 is 12.5 Å². The van der Waals surface area contributed by atoms with E-state index in [-0.39, 0.29) is 33.6 Å². The molecule has 1 N–H and O–H groups in total. The van der Waals surface area contributed by atoms with Crippen LogP contribution < -0.4 is 0 Å². The molecule has 0 saturated heterocycles. The smallest absolute Gasteiger partial charge is 0.400 e. The average Bonchev–Trinajstić information content (AvgIpc) is 2.23. The van der Waals surface area contributed by atoms with Crippen LogP contribution in [0, 0.1) is 13.5 Å². The molecule has 9 heavy (non-hydrogen) atoms. The maximum absolute atomic E-state index is 7.00. The molecule has 0 saturated carbocycles. The Labute approximate surface area is 76.6 Å². The monoisotopic (exact) mass is 202 g/mol. The first kappa shape index (κ1) is 16.2. The molecule has 1 nitrogen and oxygen atoms in total. The second kappa shape index (κ2) is 15.8. The zero-order valence-corrected chi connectivity index (χ0v) is 8.34. The predicted molar refractivity (Wildman–Crippen MR) is 36.1 cm³/mol. The minimum atomic E-state index is 0. The summed E-state index contributed by atoms with van der Waals surface area (Å²) in [5.41, 5.74) is 0. The molecule has 1 aliphatic carbocycles. The molecule has 0 atom stereocenters. The molecule has 0 heterocycles. The molecular weight excluding hydrogens is 191 g/mol. The van der Waals surface area contributed by atoms with Crippen molar-refractivity contribution < 1.29 is 31.3 Å². The standard InChI is InChI=1S/C5H5.CH4O.CH3.Zr/c1-2-4-5-3-1;1-2;;/h1-3H,4H2;2H,1H3;1H3;/q-1;;-1;+2. The van der Waals surface area contributed by atoms with E-state index in [2.05, 4.69) is 12.2 Å². The van der Waals surface area contributed by atoms with Gasteiger partial charge in [-0.2, -0.15) is 6.08 Å². The SMILES string of the molecule is CO.[C-]1=CC=CC1.[CH3-].[Zr+2]. The predicted octanol–water partition coefficient (Wildman–Crippen LogP) is 1.36. The first-order valence-corrected chi connectivity index (χ1v) is 2.16. The summed E-state index contributed by atoms with van der Waals surface area (Å²) in [6, 6.07) is 0. The minimum absolute atomic E-state index is 0. The second-order valence-electron chi connectivity index (χ2n) is 1.00. The molecule has 0 aliphatic heterocycles. The van der Waals surface area contributed by atoms with Gasteiger partial charge in [-0.3, -0.25) is 6.08 Å². The van der Waals surface area contributed by atoms with E-state index < -0.39 is 0 Å². The van der Waals surface area contributed by atoms with Gasteiger partial charge in [0.05, 0.1) is 0 Å². The van der Waals surface area contributed by atoms with E-state index >= 15 is 0 Å². The van der Waals surface area contributed by atoms with Crippen molar-refractivity contribution in [3.8, 4) is 0 Å². The van der Waals surface area contributed by atoms with Gasteiger partial charge in [0.1, 0.15) is 0 Å². The molecule has 0 amide bonds. The molecule has 0 bridgehead atoms. The molecule has 0 fully saturated rings. The van der Waals surface area contributed by atoms with Gasteiger partial charge in [-0.15, -0.1) is 6.42 Å². The van der Waals surface area contributed by atoms with Crippen molar-refractivity contribution in [3.05, 3.63) is 31.7 Å². The average molecular weight is 203 g/mol. The van der Waals surface area contributed by atoms with Gasteiger partial charge in [-0.25, -0.2) is 12.2 Å². The second-order valence-corrected chi connectivity index (χ2v) is 1.00. The van der Waals surface area contributed by atoms with Gasteiger partial charge in [0, 0.05) is 7.11 Å². The van der Waals surface area contributed by atoms with Crippen LogP contribution in [-0.2, 0) is 26.2 Å². The largest absolute Gasteiger partial charge is 2.00 e. The Kier molecular flexibility index (Phi) is 28.3. The fraction of sp³-hybridized carbons (Fsp3) is 0.286. The summed E-state index contributed by atoms with van der Waals surface area (Å²) in [4.78, 5) is 0. The zero-order chi connectivity index (χ0) is 5.54. The van der Waals surface area contributed by atoms with Crippen LogP contribution in [0.5, 0.6) is 0 Å². The van der Waals surface area contributed by atoms with Crippen LogP contribution in [0.3, 0.4) is 0 Å². The first-order valence-electron chi connectivity index (χ1n) is 2.16. The zero-order valence-electron chi connectivity index (χ0n) is 5.89. The van der Waals surface area contributed by atoms with Crippen molar-refractivity contribution in [2.45, 2.75) is 6.42 Å². The number of allylic oxidation sites excluding steroid dienone is 4. The number of aliphatic hydroxyl groups is 1. The van der Waals surface area contributed by atoms with Crippen molar-refractivity contribution >= 4 is 0 Å². The van der Waals surface area contributed by atoms with Crippen LogP contribution in [0.2, 0.25) is 0 Å². The Hall–Kier alpha value is 0.323. The molecule has 2 heteroatoms. The minimum Gasteiger partial charge on any atom is -0.400 e. The Morgan fingerprint density at radius 2 is 2.00 bits per heavy atom. The topological polar surface area (TPSA) is 20.2 Å². The van der Waals surface area contributed by atoms with Crippen molar-refractivity contribution in [2.75, 3.05) is 7.11 Å². The van der Waals surface area contributed by atoms with Crippen molar-refractivity contribution in [1.82, 2.24) is 0 Å². The van der Waals surface area contributed by atoms with Gasteiger partial charge in [0.25, 0.3) is 0 Å². The van der Waals surface area contributed by atoms with Crippen molar-refractivity contribution in [1.29, 1.82) is 0 Å². The van der Waals surface area contributed by atoms with Crippen LogP contribution in [0.1, 0.15) is 6.42 Å². The summed E-state index contributed by atoms with van der Waals surface area (Å²) in [5.74, 6) is 0. The van der Waals surface area contributed by atoms with Crippen LogP contribution >= 0.6 is 0 Å². The summed E-state index contributed by atoms with van der Waals surface area (Å²) < 4.78 is 0. The van der Waals surface area contributed by atoms with E-state index in [1.54, 1.807) is 0 Å². The van der Waals surface area contributed by atoms with Crippen LogP contribution in [-0.4, -0.2) is 12.2 Å². The number of aliphatic hydroxyl groups excluding tert-OH is 1. The molecule has 0 spiro atoms. The first-order chi connectivity index (χ1) is 3.50. The maximum atomic E-state index is 7.00. The summed E-state index contributed by atoms with van der Waals surface area (Å²) in [6.45, 7) is 0. The third-order valence-electron chi connectivity index (χ3n) is 0.586. The van der Waals surface area contributed by atoms with Crippen molar-refractivity contribution in [2.24, 2.45) is 0 Å². The Morgan fingerprint density at radius 1 is 1.44 bits per heavy atom. The molecule has 0 aromatic carbocycles.